The van der Waals surface area contributed by atoms with Crippen LogP contribution in [0.2, 0.25) is 0 Å². The van der Waals surface area contributed by atoms with Crippen molar-refractivity contribution in [2.75, 3.05) is 21.3 Å². The van der Waals surface area contributed by atoms with E-state index in [1.54, 1.807) is 54.6 Å². The van der Waals surface area contributed by atoms with Gasteiger partial charge in [-0.3, -0.25) is 14.4 Å². The monoisotopic (exact) mass is 526 g/mol. The first-order valence-electron chi connectivity index (χ1n) is 12.1. The van der Waals surface area contributed by atoms with Crippen molar-refractivity contribution in [2.45, 2.75) is 12.3 Å². The number of Topliss-reactive ketones (excluding diaryl/α,β-unsaturated/α-hetero) is 1. The zero-order valence-corrected chi connectivity index (χ0v) is 21.2. The van der Waals surface area contributed by atoms with Gasteiger partial charge in [0, 0.05) is 17.0 Å². The Balaban J connectivity index is 1.47. The molecule has 0 N–H and O–H groups in total. The molecule has 2 aliphatic heterocycles. The van der Waals surface area contributed by atoms with E-state index in [4.69, 9.17) is 28.1 Å². The summed E-state index contributed by atoms with van der Waals surface area (Å²) < 4.78 is 33.5. The van der Waals surface area contributed by atoms with Gasteiger partial charge < -0.3 is 28.1 Å². The number of allylic oxidation sites excluding steroid dienone is 1. The molecule has 0 saturated carbocycles. The lowest BCUT2D eigenvalue weighted by atomic mass is 9.85. The highest BCUT2D eigenvalue weighted by Gasteiger charge is 2.39. The first-order chi connectivity index (χ1) is 18.9. The molecule has 0 radical (unpaired) electrons. The fraction of sp³-hybridized carbons (Fsp3) is 0.167. The van der Waals surface area contributed by atoms with E-state index in [0.717, 1.165) is 0 Å². The lowest BCUT2D eigenvalue weighted by Crippen LogP contribution is -2.25. The SMILES string of the molecule is COc1cc(/C=C2\Oc3c(ccc4c3[C@@H](c3coc5ccccc5c3=O)CC(=O)O4)C2=O)cc(OC)c1OC. The van der Waals surface area contributed by atoms with Gasteiger partial charge in [0.05, 0.1) is 45.0 Å². The van der Waals surface area contributed by atoms with Crippen LogP contribution in [0.5, 0.6) is 28.7 Å². The van der Waals surface area contributed by atoms with E-state index < -0.39 is 11.9 Å². The van der Waals surface area contributed by atoms with Crippen LogP contribution in [0.1, 0.15) is 39.4 Å². The van der Waals surface area contributed by atoms with Crippen LogP contribution < -0.4 is 29.1 Å². The lowest BCUT2D eigenvalue weighted by Gasteiger charge is -2.25. The molecule has 1 atom stereocenters. The van der Waals surface area contributed by atoms with Crippen molar-refractivity contribution in [3.05, 3.63) is 93.0 Å². The van der Waals surface area contributed by atoms with E-state index >= 15 is 0 Å². The predicted molar refractivity (Wildman–Crippen MR) is 140 cm³/mol. The summed E-state index contributed by atoms with van der Waals surface area (Å²) in [4.78, 5) is 39.3. The maximum absolute atomic E-state index is 13.4. The van der Waals surface area contributed by atoms with Gasteiger partial charge in [-0.15, -0.1) is 0 Å². The number of ether oxygens (including phenoxy) is 5. The van der Waals surface area contributed by atoms with Gasteiger partial charge in [-0.05, 0) is 48.0 Å². The van der Waals surface area contributed by atoms with Crippen LogP contribution >= 0.6 is 0 Å². The number of carbonyl (C=O) groups excluding carboxylic acids is 2. The van der Waals surface area contributed by atoms with Crippen LogP contribution in [-0.2, 0) is 4.79 Å². The average Bonchev–Trinajstić information content (AvgIpc) is 3.26. The Labute approximate surface area is 222 Å². The maximum Gasteiger partial charge on any atom is 0.312 e. The summed E-state index contributed by atoms with van der Waals surface area (Å²) in [5.41, 5.74) is 1.76. The number of benzene rings is 3. The van der Waals surface area contributed by atoms with Gasteiger partial charge in [0.1, 0.15) is 17.1 Å². The Kier molecular flexibility index (Phi) is 5.83. The normalized spacial score (nSPS) is 16.9. The van der Waals surface area contributed by atoms with E-state index in [9.17, 15) is 14.4 Å². The summed E-state index contributed by atoms with van der Waals surface area (Å²) >= 11 is 0. The quantitative estimate of drug-likeness (QED) is 0.204. The van der Waals surface area contributed by atoms with E-state index in [1.165, 1.54) is 27.6 Å². The molecule has 0 amide bonds. The molecule has 0 spiro atoms. The van der Waals surface area contributed by atoms with E-state index in [-0.39, 0.29) is 40.5 Å². The molecule has 196 valence electrons. The van der Waals surface area contributed by atoms with Crippen molar-refractivity contribution in [1.29, 1.82) is 0 Å². The van der Waals surface area contributed by atoms with Crippen LogP contribution in [-0.4, -0.2) is 33.1 Å². The molecule has 2 aliphatic rings. The van der Waals surface area contributed by atoms with Crippen LogP contribution in [0.25, 0.3) is 17.0 Å². The van der Waals surface area contributed by atoms with Crippen molar-refractivity contribution in [3.63, 3.8) is 0 Å². The highest BCUT2D eigenvalue weighted by molar-refractivity contribution is 6.15. The van der Waals surface area contributed by atoms with Crippen molar-refractivity contribution < 1.29 is 37.7 Å². The number of rotatable bonds is 5. The minimum atomic E-state index is -0.731. The summed E-state index contributed by atoms with van der Waals surface area (Å²) in [5.74, 6) is 0.167. The molecule has 0 aliphatic carbocycles. The molecule has 0 saturated heterocycles. The second-order valence-electron chi connectivity index (χ2n) is 9.00. The molecule has 4 aromatic rings. The zero-order chi connectivity index (χ0) is 27.3. The molecule has 0 fully saturated rings. The second kappa shape index (κ2) is 9.36. The van der Waals surface area contributed by atoms with Crippen LogP contribution in [0.4, 0.5) is 0 Å². The third-order valence-electron chi connectivity index (χ3n) is 6.85. The molecule has 1 aromatic heterocycles. The Bertz CT molecular complexity index is 1740. The lowest BCUT2D eigenvalue weighted by molar-refractivity contribution is -0.135. The van der Waals surface area contributed by atoms with E-state index in [2.05, 4.69) is 0 Å². The maximum atomic E-state index is 13.4. The van der Waals surface area contributed by atoms with Crippen LogP contribution in [0.15, 0.2) is 69.8 Å². The van der Waals surface area contributed by atoms with Gasteiger partial charge in [-0.25, -0.2) is 0 Å². The Morgan fingerprint density at radius 1 is 0.897 bits per heavy atom. The molecular weight excluding hydrogens is 504 g/mol. The highest BCUT2D eigenvalue weighted by atomic mass is 16.5. The number of carbonyl (C=O) groups is 2. The summed E-state index contributed by atoms with van der Waals surface area (Å²) in [6.45, 7) is 0. The topological polar surface area (TPSA) is 111 Å². The third kappa shape index (κ3) is 3.90. The van der Waals surface area contributed by atoms with E-state index in [0.29, 0.717) is 44.9 Å². The van der Waals surface area contributed by atoms with Gasteiger partial charge in [-0.1, -0.05) is 12.1 Å². The fourth-order valence-corrected chi connectivity index (χ4v) is 5.04. The van der Waals surface area contributed by atoms with Crippen molar-refractivity contribution in [1.82, 2.24) is 0 Å². The van der Waals surface area contributed by atoms with Crippen molar-refractivity contribution in [2.24, 2.45) is 0 Å². The number of para-hydroxylation sites is 1. The molecular formula is C30H22O9. The minimum absolute atomic E-state index is 0.0499. The molecule has 39 heavy (non-hydrogen) atoms. The summed E-state index contributed by atoms with van der Waals surface area (Å²) in [5, 5.41) is 0.392. The van der Waals surface area contributed by atoms with Crippen molar-refractivity contribution >= 4 is 28.8 Å². The van der Waals surface area contributed by atoms with Crippen LogP contribution in [0.3, 0.4) is 0 Å². The number of methoxy groups -OCH3 is 3. The molecule has 9 heteroatoms. The van der Waals surface area contributed by atoms with Gasteiger partial charge in [0.2, 0.25) is 11.5 Å². The largest absolute Gasteiger partial charge is 0.493 e. The average molecular weight is 526 g/mol. The summed E-state index contributed by atoms with van der Waals surface area (Å²) in [6.07, 6.45) is 2.81. The number of esters is 1. The second-order valence-corrected chi connectivity index (χ2v) is 9.00. The van der Waals surface area contributed by atoms with E-state index in [1.807, 2.05) is 0 Å². The summed E-state index contributed by atoms with van der Waals surface area (Å²) in [7, 11) is 4.50. The molecule has 9 nitrogen and oxygen atoms in total. The fourth-order valence-electron chi connectivity index (χ4n) is 5.04. The molecule has 3 heterocycles. The minimum Gasteiger partial charge on any atom is -0.493 e. The van der Waals surface area contributed by atoms with Crippen molar-refractivity contribution in [3.8, 4) is 28.7 Å². The predicted octanol–water partition coefficient (Wildman–Crippen LogP) is 4.88. The molecule has 3 aromatic carbocycles. The first kappa shape index (κ1) is 24.3. The number of hydrogen-bond acceptors (Lipinski definition) is 9. The Morgan fingerprint density at radius 2 is 1.64 bits per heavy atom. The van der Waals surface area contributed by atoms with Gasteiger partial charge in [0.25, 0.3) is 0 Å². The molecule has 6 rings (SSSR count). The van der Waals surface area contributed by atoms with Gasteiger partial charge >= 0.3 is 5.97 Å². The Hall–Kier alpha value is -5.05. The van der Waals surface area contributed by atoms with Gasteiger partial charge in [-0.2, -0.15) is 0 Å². The van der Waals surface area contributed by atoms with Gasteiger partial charge in [0.15, 0.2) is 22.7 Å². The molecule has 0 bridgehead atoms. The molecule has 0 unspecified atom stereocenters. The number of hydrogen-bond donors (Lipinski definition) is 0. The number of ketones is 1. The highest BCUT2D eigenvalue weighted by Crippen LogP contribution is 2.49. The third-order valence-corrected chi connectivity index (χ3v) is 6.85. The smallest absolute Gasteiger partial charge is 0.312 e. The Morgan fingerprint density at radius 3 is 2.36 bits per heavy atom. The first-order valence-corrected chi connectivity index (χ1v) is 12.1. The standard InChI is InChI=1S/C30H22O9/c1-34-23-11-15(12-24(35-2)30(23)36-3)10-22-28(33)17-8-9-21-26(29(17)39-22)18(13-25(31)38-21)19-14-37-20-7-5-4-6-16(20)27(19)32/h4-12,14,18H,13H2,1-3H3/b22-10-/t18-/m1/s1. The van der Waals surface area contributed by atoms with Crippen LogP contribution in [0, 0.1) is 0 Å². The number of fused-ring (bicyclic) bond motifs is 4. The summed E-state index contributed by atoms with van der Waals surface area (Å²) in [6, 6.07) is 13.3. The zero-order valence-electron chi connectivity index (χ0n) is 21.2.